The van der Waals surface area contributed by atoms with Crippen LogP contribution >= 0.6 is 11.3 Å². The topological polar surface area (TPSA) is 119 Å². The predicted molar refractivity (Wildman–Crippen MR) is 138 cm³/mol. The SMILES string of the molecule is COC(=O)c1c(N2C(=O)[C@H]3[C@H](ON(c4ccccc4)[C@H]3c3cccc([N+](=O)[O-])c3)C2=O)sc2c1CCCC2. The van der Waals surface area contributed by atoms with Gasteiger partial charge in [0.2, 0.25) is 5.91 Å². The number of esters is 1. The maximum Gasteiger partial charge on any atom is 0.341 e. The summed E-state index contributed by atoms with van der Waals surface area (Å²) in [6, 6.07) is 14.2. The fraction of sp³-hybridized carbons (Fsp3) is 0.296. The molecular weight excluding hydrogens is 510 g/mol. The quantitative estimate of drug-likeness (QED) is 0.205. The Morgan fingerprint density at radius 1 is 1.08 bits per heavy atom. The van der Waals surface area contributed by atoms with Crippen LogP contribution in [0, 0.1) is 16.0 Å². The molecule has 2 amide bonds. The number of hydroxylamine groups is 1. The van der Waals surface area contributed by atoms with Crippen molar-refractivity contribution in [2.45, 2.75) is 37.8 Å². The third kappa shape index (κ3) is 3.69. The minimum Gasteiger partial charge on any atom is -0.465 e. The van der Waals surface area contributed by atoms with E-state index in [0.717, 1.165) is 34.6 Å². The Labute approximate surface area is 221 Å². The summed E-state index contributed by atoms with van der Waals surface area (Å²) < 4.78 is 5.04. The number of hydrogen-bond donors (Lipinski definition) is 0. The Morgan fingerprint density at radius 3 is 2.58 bits per heavy atom. The lowest BCUT2D eigenvalue weighted by Gasteiger charge is -2.28. The average Bonchev–Trinajstić information content (AvgIpc) is 3.59. The number of imide groups is 1. The Bertz CT molecular complexity index is 1470. The molecule has 1 aliphatic carbocycles. The highest BCUT2D eigenvalue weighted by Gasteiger charge is 2.61. The number of amides is 2. The van der Waals surface area contributed by atoms with Crippen LogP contribution in [0.1, 0.15) is 45.2 Å². The third-order valence-electron chi connectivity index (χ3n) is 7.29. The number of rotatable bonds is 5. The van der Waals surface area contributed by atoms with E-state index >= 15 is 0 Å². The highest BCUT2D eigenvalue weighted by atomic mass is 32.1. The number of benzene rings is 2. The number of nitro groups is 1. The summed E-state index contributed by atoms with van der Waals surface area (Å²) in [5.74, 6) is -2.65. The lowest BCUT2D eigenvalue weighted by atomic mass is 9.90. The number of non-ortho nitro benzene ring substituents is 1. The van der Waals surface area contributed by atoms with Crippen molar-refractivity contribution in [3.05, 3.63) is 86.3 Å². The van der Waals surface area contributed by atoms with Crippen molar-refractivity contribution in [2.75, 3.05) is 17.1 Å². The van der Waals surface area contributed by atoms with Crippen molar-refractivity contribution in [3.8, 4) is 0 Å². The second-order valence-corrected chi connectivity index (χ2v) is 10.5. The first-order chi connectivity index (χ1) is 18.4. The van der Waals surface area contributed by atoms with Crippen molar-refractivity contribution < 1.29 is 28.9 Å². The molecule has 38 heavy (non-hydrogen) atoms. The van der Waals surface area contributed by atoms with Gasteiger partial charge in [-0.25, -0.2) is 14.8 Å². The van der Waals surface area contributed by atoms with Gasteiger partial charge in [0.05, 0.1) is 29.3 Å². The maximum atomic E-state index is 14.1. The summed E-state index contributed by atoms with van der Waals surface area (Å²) in [6.45, 7) is 0. The number of carbonyl (C=O) groups excluding carboxylic acids is 3. The minimum atomic E-state index is -1.16. The van der Waals surface area contributed by atoms with Crippen LogP contribution in [0.25, 0.3) is 0 Å². The van der Waals surface area contributed by atoms with Gasteiger partial charge in [-0.3, -0.25) is 24.5 Å². The summed E-state index contributed by atoms with van der Waals surface area (Å²) in [4.78, 5) is 59.9. The zero-order valence-corrected chi connectivity index (χ0v) is 21.2. The molecule has 11 heteroatoms. The number of ether oxygens (including phenoxy) is 1. The van der Waals surface area contributed by atoms with Gasteiger partial charge in [-0.15, -0.1) is 11.3 Å². The van der Waals surface area contributed by atoms with Crippen LogP contribution in [-0.2, 0) is 32.0 Å². The molecule has 1 aromatic heterocycles. The molecule has 6 rings (SSSR count). The molecule has 3 heterocycles. The molecule has 3 aromatic rings. The number of fused-ring (bicyclic) bond motifs is 2. The number of anilines is 2. The van der Waals surface area contributed by atoms with Gasteiger partial charge in [0.25, 0.3) is 11.6 Å². The number of nitrogens with zero attached hydrogens (tertiary/aromatic N) is 3. The first-order valence-corrected chi connectivity index (χ1v) is 13.1. The van der Waals surface area contributed by atoms with Crippen molar-refractivity contribution in [3.63, 3.8) is 0 Å². The minimum absolute atomic E-state index is 0.133. The van der Waals surface area contributed by atoms with Crippen LogP contribution in [0.4, 0.5) is 16.4 Å². The van der Waals surface area contributed by atoms with E-state index in [0.29, 0.717) is 17.7 Å². The van der Waals surface area contributed by atoms with Gasteiger partial charge in [-0.2, -0.15) is 0 Å². The van der Waals surface area contributed by atoms with Crippen LogP contribution < -0.4 is 9.96 Å². The van der Waals surface area contributed by atoms with Crippen molar-refractivity contribution in [2.24, 2.45) is 5.92 Å². The van der Waals surface area contributed by atoms with E-state index in [9.17, 15) is 24.5 Å². The highest BCUT2D eigenvalue weighted by molar-refractivity contribution is 7.17. The Morgan fingerprint density at radius 2 is 1.84 bits per heavy atom. The van der Waals surface area contributed by atoms with E-state index < -0.39 is 40.8 Å². The first kappa shape index (κ1) is 24.3. The molecule has 0 N–H and O–H groups in total. The largest absolute Gasteiger partial charge is 0.465 e. The van der Waals surface area contributed by atoms with Crippen molar-refractivity contribution >= 4 is 45.5 Å². The summed E-state index contributed by atoms with van der Waals surface area (Å²) in [5, 5.41) is 13.3. The summed E-state index contributed by atoms with van der Waals surface area (Å²) in [6.07, 6.45) is 2.15. The van der Waals surface area contributed by atoms with E-state index in [2.05, 4.69) is 0 Å². The van der Waals surface area contributed by atoms with E-state index in [1.165, 1.54) is 35.6 Å². The fourth-order valence-corrected chi connectivity index (χ4v) is 6.98. The number of aryl methyl sites for hydroxylation is 1. The number of thiophene rings is 1. The second kappa shape index (κ2) is 9.34. The van der Waals surface area contributed by atoms with Crippen LogP contribution in [0.3, 0.4) is 0 Å². The smallest absolute Gasteiger partial charge is 0.341 e. The molecule has 0 spiro atoms. The second-order valence-electron chi connectivity index (χ2n) is 9.40. The van der Waals surface area contributed by atoms with E-state index in [1.54, 1.807) is 36.4 Å². The van der Waals surface area contributed by atoms with Gasteiger partial charge in [0.1, 0.15) is 10.9 Å². The van der Waals surface area contributed by atoms with Crippen LogP contribution in [0.15, 0.2) is 54.6 Å². The summed E-state index contributed by atoms with van der Waals surface area (Å²) >= 11 is 1.27. The lowest BCUT2D eigenvalue weighted by molar-refractivity contribution is -0.384. The highest BCUT2D eigenvalue weighted by Crippen LogP contribution is 2.50. The van der Waals surface area contributed by atoms with Crippen LogP contribution in [-0.4, -0.2) is 35.9 Å². The first-order valence-electron chi connectivity index (χ1n) is 12.3. The van der Waals surface area contributed by atoms with E-state index in [1.807, 2.05) is 6.07 Å². The average molecular weight is 534 g/mol. The predicted octanol–water partition coefficient (Wildman–Crippen LogP) is 4.37. The molecule has 0 bridgehead atoms. The zero-order chi connectivity index (χ0) is 26.6. The van der Waals surface area contributed by atoms with Gasteiger partial charge in [-0.1, -0.05) is 30.3 Å². The molecule has 2 saturated heterocycles. The molecule has 0 saturated carbocycles. The molecule has 194 valence electrons. The Hall–Kier alpha value is -4.09. The number of para-hydroxylation sites is 1. The summed E-state index contributed by atoms with van der Waals surface area (Å²) in [5.41, 5.74) is 2.04. The molecule has 10 nitrogen and oxygen atoms in total. The Kier molecular flexibility index (Phi) is 5.96. The van der Waals surface area contributed by atoms with Crippen molar-refractivity contribution in [1.29, 1.82) is 0 Å². The lowest BCUT2D eigenvalue weighted by Crippen LogP contribution is -2.37. The molecule has 3 aliphatic rings. The molecule has 0 unspecified atom stereocenters. The molecular formula is C27H23N3O7S. The molecule has 2 fully saturated rings. The van der Waals surface area contributed by atoms with Crippen LogP contribution in [0.5, 0.6) is 0 Å². The van der Waals surface area contributed by atoms with Gasteiger partial charge >= 0.3 is 5.97 Å². The third-order valence-corrected chi connectivity index (χ3v) is 8.57. The molecule has 0 radical (unpaired) electrons. The molecule has 3 atom stereocenters. The van der Waals surface area contributed by atoms with Gasteiger partial charge < -0.3 is 4.74 Å². The molecule has 2 aromatic carbocycles. The van der Waals surface area contributed by atoms with E-state index in [4.69, 9.17) is 9.57 Å². The standard InChI is InChI=1S/C27H23N3O7S/c1-36-27(33)20-18-12-5-6-13-19(18)38-26(20)28-24(31)21-22(15-8-7-11-17(14-15)30(34)35)29(37-23(21)25(28)32)16-9-3-2-4-10-16/h2-4,7-11,14,21-23H,5-6,12-13H2,1H3/t21-,22+,23+/m1/s1. The van der Waals surface area contributed by atoms with Gasteiger partial charge in [-0.05, 0) is 48.9 Å². The normalized spacial score (nSPS) is 22.4. The number of nitro benzene ring substituents is 1. The zero-order valence-electron chi connectivity index (χ0n) is 20.4. The fourth-order valence-electron chi connectivity index (χ4n) is 5.60. The number of hydrogen-bond acceptors (Lipinski definition) is 9. The van der Waals surface area contributed by atoms with Gasteiger partial charge in [0, 0.05) is 17.0 Å². The Balaban J connectivity index is 1.46. The van der Waals surface area contributed by atoms with Crippen LogP contribution in [0.2, 0.25) is 0 Å². The maximum absolute atomic E-state index is 14.1. The van der Waals surface area contributed by atoms with Gasteiger partial charge in [0.15, 0.2) is 6.10 Å². The number of methoxy groups -OCH3 is 1. The number of carbonyl (C=O) groups is 3. The molecule has 2 aliphatic heterocycles. The van der Waals surface area contributed by atoms with Crippen molar-refractivity contribution in [1.82, 2.24) is 0 Å². The monoisotopic (exact) mass is 533 g/mol. The van der Waals surface area contributed by atoms with E-state index in [-0.39, 0.29) is 16.3 Å². The summed E-state index contributed by atoms with van der Waals surface area (Å²) in [7, 11) is 1.28.